The van der Waals surface area contributed by atoms with E-state index in [1.807, 2.05) is 31.1 Å². The van der Waals surface area contributed by atoms with E-state index in [1.165, 1.54) is 18.3 Å². The molecule has 0 heterocycles. The van der Waals surface area contributed by atoms with E-state index in [9.17, 15) is 34.9 Å². The Morgan fingerprint density at radius 2 is 1.55 bits per heavy atom. The Morgan fingerprint density at radius 1 is 0.974 bits per heavy atom. The summed E-state index contributed by atoms with van der Waals surface area (Å²) < 4.78 is 0. The summed E-state index contributed by atoms with van der Waals surface area (Å²) in [5.74, 6) is -1.63. The minimum atomic E-state index is -1.21. The van der Waals surface area contributed by atoms with Gasteiger partial charge in [0.2, 0.25) is 0 Å². The first-order valence-electron chi connectivity index (χ1n) is 11.2. The van der Waals surface area contributed by atoms with Gasteiger partial charge in [-0.3, -0.25) is 29.8 Å². The minimum Gasteiger partial charge on any atom is -0.508 e. The first-order chi connectivity index (χ1) is 18.0. The predicted molar refractivity (Wildman–Crippen MR) is 139 cm³/mol. The number of hydrogen-bond donors (Lipinski definition) is 3. The standard InChI is InChI=1S/C25H24N6O7/c1-29(2)19-7-3-17(4-8-19)15-26-28-25(34)23(11-16-5-9-22(32)10-6-16)27-24(33)18-12-20(30(35)36)14-21(13-18)31(37)38/h3-10,12-15,23,32H,11H2,1-2H3,(H,27,33)(H,28,34)/b26-15+. The fraction of sp³-hybridized carbons (Fsp3) is 0.160. The van der Waals surface area contributed by atoms with Gasteiger partial charge in [-0.15, -0.1) is 0 Å². The number of carbonyl (C=O) groups excluding carboxylic acids is 2. The molecular weight excluding hydrogens is 496 g/mol. The number of carbonyl (C=O) groups is 2. The van der Waals surface area contributed by atoms with Crippen molar-refractivity contribution in [2.45, 2.75) is 12.5 Å². The highest BCUT2D eigenvalue weighted by Gasteiger charge is 2.25. The number of hydrogen-bond acceptors (Lipinski definition) is 9. The average Bonchev–Trinajstić information content (AvgIpc) is 2.89. The van der Waals surface area contributed by atoms with Gasteiger partial charge in [0, 0.05) is 38.3 Å². The number of hydrazone groups is 1. The van der Waals surface area contributed by atoms with Crippen molar-refractivity contribution in [2.24, 2.45) is 5.10 Å². The summed E-state index contributed by atoms with van der Waals surface area (Å²) in [7, 11) is 3.80. The zero-order valence-electron chi connectivity index (χ0n) is 20.4. The maximum atomic E-state index is 13.0. The largest absolute Gasteiger partial charge is 0.508 e. The van der Waals surface area contributed by atoms with Crippen molar-refractivity contribution in [1.82, 2.24) is 10.7 Å². The number of amides is 2. The number of benzene rings is 3. The summed E-state index contributed by atoms with van der Waals surface area (Å²) in [5.41, 5.74) is 2.97. The summed E-state index contributed by atoms with van der Waals surface area (Å²) >= 11 is 0. The molecule has 13 nitrogen and oxygen atoms in total. The molecule has 1 unspecified atom stereocenters. The summed E-state index contributed by atoms with van der Waals surface area (Å²) in [5, 5.41) is 38.3. The molecule has 0 radical (unpaired) electrons. The number of rotatable bonds is 10. The van der Waals surface area contributed by atoms with Crippen molar-refractivity contribution in [3.63, 3.8) is 0 Å². The molecule has 196 valence electrons. The number of anilines is 1. The van der Waals surface area contributed by atoms with Gasteiger partial charge in [0.05, 0.1) is 27.7 Å². The number of nitro groups is 2. The van der Waals surface area contributed by atoms with Crippen LogP contribution < -0.4 is 15.6 Å². The third kappa shape index (κ3) is 7.34. The number of nitro benzene ring substituents is 2. The van der Waals surface area contributed by atoms with Crippen molar-refractivity contribution in [3.8, 4) is 5.75 Å². The number of nitrogens with one attached hydrogen (secondary N) is 2. The highest BCUT2D eigenvalue weighted by atomic mass is 16.6. The lowest BCUT2D eigenvalue weighted by Crippen LogP contribution is -2.46. The van der Waals surface area contributed by atoms with Gasteiger partial charge >= 0.3 is 0 Å². The topological polar surface area (TPSA) is 180 Å². The van der Waals surface area contributed by atoms with E-state index in [4.69, 9.17) is 0 Å². The van der Waals surface area contributed by atoms with E-state index in [1.54, 1.807) is 24.3 Å². The van der Waals surface area contributed by atoms with Gasteiger partial charge in [-0.25, -0.2) is 5.43 Å². The molecule has 0 spiro atoms. The van der Waals surface area contributed by atoms with Crippen molar-refractivity contribution in [1.29, 1.82) is 0 Å². The SMILES string of the molecule is CN(C)c1ccc(/C=N/NC(=O)C(Cc2ccc(O)cc2)NC(=O)c2cc([N+](=O)[O-])cc([N+](=O)[O-])c2)cc1. The molecule has 3 N–H and O–H groups in total. The van der Waals surface area contributed by atoms with E-state index in [0.717, 1.165) is 23.9 Å². The monoisotopic (exact) mass is 520 g/mol. The molecule has 0 bridgehead atoms. The normalized spacial score (nSPS) is 11.5. The Balaban J connectivity index is 1.82. The van der Waals surface area contributed by atoms with Crippen LogP contribution in [0, 0.1) is 20.2 Å². The second-order valence-electron chi connectivity index (χ2n) is 8.37. The smallest absolute Gasteiger partial charge is 0.277 e. The molecule has 3 aromatic carbocycles. The first-order valence-corrected chi connectivity index (χ1v) is 11.2. The quantitative estimate of drug-likeness (QED) is 0.207. The van der Waals surface area contributed by atoms with Crippen molar-refractivity contribution in [2.75, 3.05) is 19.0 Å². The number of nitrogens with zero attached hydrogens (tertiary/aromatic N) is 4. The van der Waals surface area contributed by atoms with Crippen molar-refractivity contribution in [3.05, 3.63) is 104 Å². The van der Waals surface area contributed by atoms with Gasteiger partial charge in [-0.2, -0.15) is 5.10 Å². The molecule has 1 atom stereocenters. The van der Waals surface area contributed by atoms with Crippen LogP contribution in [0.2, 0.25) is 0 Å². The van der Waals surface area contributed by atoms with Gasteiger partial charge in [0.25, 0.3) is 23.2 Å². The third-order valence-electron chi connectivity index (χ3n) is 5.38. The Kier molecular flexibility index (Phi) is 8.66. The molecule has 0 aromatic heterocycles. The van der Waals surface area contributed by atoms with Crippen LogP contribution in [0.5, 0.6) is 5.75 Å². The van der Waals surface area contributed by atoms with Crippen LogP contribution in [0.15, 0.2) is 71.8 Å². The van der Waals surface area contributed by atoms with E-state index >= 15 is 0 Å². The second-order valence-corrected chi connectivity index (χ2v) is 8.37. The fourth-order valence-electron chi connectivity index (χ4n) is 3.36. The number of non-ortho nitro benzene ring substituents is 2. The first kappa shape index (κ1) is 27.3. The van der Waals surface area contributed by atoms with E-state index < -0.39 is 39.1 Å². The summed E-state index contributed by atoms with van der Waals surface area (Å²) in [6, 6.07) is 14.6. The van der Waals surface area contributed by atoms with E-state index in [-0.39, 0.29) is 17.7 Å². The fourth-order valence-corrected chi connectivity index (χ4v) is 3.36. The summed E-state index contributed by atoms with van der Waals surface area (Å²) in [6.45, 7) is 0. The Bertz CT molecular complexity index is 1340. The van der Waals surface area contributed by atoms with E-state index in [2.05, 4.69) is 15.8 Å². The molecule has 13 heteroatoms. The molecule has 3 aromatic rings. The molecule has 0 saturated carbocycles. The minimum absolute atomic E-state index is 0.00702. The van der Waals surface area contributed by atoms with Gasteiger partial charge in [0.1, 0.15) is 11.8 Å². The van der Waals surface area contributed by atoms with Crippen molar-refractivity contribution < 1.29 is 24.5 Å². The molecule has 0 saturated heterocycles. The lowest BCUT2D eigenvalue weighted by molar-refractivity contribution is -0.394. The molecule has 0 aliphatic rings. The zero-order valence-corrected chi connectivity index (χ0v) is 20.4. The molecular formula is C25H24N6O7. The van der Waals surface area contributed by atoms with Gasteiger partial charge in [0.15, 0.2) is 0 Å². The molecule has 0 aliphatic heterocycles. The number of phenols is 1. The highest BCUT2D eigenvalue weighted by molar-refractivity contribution is 5.98. The lowest BCUT2D eigenvalue weighted by Gasteiger charge is -2.17. The maximum Gasteiger partial charge on any atom is 0.277 e. The Hall–Kier alpha value is -5.33. The van der Waals surface area contributed by atoms with Crippen LogP contribution in [-0.2, 0) is 11.2 Å². The van der Waals surface area contributed by atoms with Gasteiger partial charge in [-0.1, -0.05) is 24.3 Å². The zero-order chi connectivity index (χ0) is 27.8. The van der Waals surface area contributed by atoms with Crippen LogP contribution >= 0.6 is 0 Å². The molecule has 3 rings (SSSR count). The third-order valence-corrected chi connectivity index (χ3v) is 5.38. The lowest BCUT2D eigenvalue weighted by atomic mass is 10.0. The Labute approximate surface area is 216 Å². The highest BCUT2D eigenvalue weighted by Crippen LogP contribution is 2.23. The number of phenolic OH excluding ortho intramolecular Hbond substituents is 1. The molecule has 38 heavy (non-hydrogen) atoms. The van der Waals surface area contributed by atoms with Crippen molar-refractivity contribution >= 4 is 35.1 Å². The van der Waals surface area contributed by atoms with Gasteiger partial charge < -0.3 is 15.3 Å². The number of aromatic hydroxyl groups is 1. The molecule has 2 amide bonds. The Morgan fingerprint density at radius 3 is 2.08 bits per heavy atom. The van der Waals surface area contributed by atoms with Crippen LogP contribution in [-0.4, -0.2) is 53.1 Å². The van der Waals surface area contributed by atoms with Crippen LogP contribution in [0.3, 0.4) is 0 Å². The summed E-state index contributed by atoms with van der Waals surface area (Å²) in [4.78, 5) is 48.5. The maximum absolute atomic E-state index is 13.0. The van der Waals surface area contributed by atoms with Gasteiger partial charge in [-0.05, 0) is 35.4 Å². The second kappa shape index (κ2) is 12.1. The van der Waals surface area contributed by atoms with E-state index in [0.29, 0.717) is 11.1 Å². The molecule has 0 fully saturated rings. The predicted octanol–water partition coefficient (Wildman–Crippen LogP) is 2.77. The summed E-state index contributed by atoms with van der Waals surface area (Å²) in [6.07, 6.45) is 1.39. The van der Waals surface area contributed by atoms with Crippen LogP contribution in [0.1, 0.15) is 21.5 Å². The van der Waals surface area contributed by atoms with Crippen LogP contribution in [0.4, 0.5) is 17.1 Å². The van der Waals surface area contributed by atoms with Crippen LogP contribution in [0.25, 0.3) is 0 Å². The average molecular weight is 521 g/mol. The molecule has 0 aliphatic carbocycles.